The van der Waals surface area contributed by atoms with Crippen LogP contribution in [0.4, 0.5) is 10.1 Å². The summed E-state index contributed by atoms with van der Waals surface area (Å²) < 4.78 is 57.1. The molecule has 0 saturated carbocycles. The number of ether oxygens (including phenoxy) is 2. The van der Waals surface area contributed by atoms with Crippen LogP contribution in [0, 0.1) is 5.82 Å². The van der Waals surface area contributed by atoms with Crippen LogP contribution >= 0.6 is 10.7 Å². The highest BCUT2D eigenvalue weighted by molar-refractivity contribution is 8.16. The van der Waals surface area contributed by atoms with Crippen molar-refractivity contribution in [3.05, 3.63) is 36.4 Å². The second-order valence-electron chi connectivity index (χ2n) is 9.66. The second kappa shape index (κ2) is 12.3. The molecule has 3 N–H and O–H groups in total. The number of aliphatic hydroxyl groups is 1. The van der Waals surface area contributed by atoms with Crippen molar-refractivity contribution in [2.24, 2.45) is 5.10 Å². The fourth-order valence-corrected chi connectivity index (χ4v) is 5.98. The Balaban J connectivity index is 2.19. The van der Waals surface area contributed by atoms with E-state index in [9.17, 15) is 13.5 Å². The number of pyridine rings is 1. The Kier molecular flexibility index (Phi) is 9.62. The number of aliphatic hydroxyl groups excluding tert-OH is 1. The summed E-state index contributed by atoms with van der Waals surface area (Å²) in [5.74, 6) is 0.132. The van der Waals surface area contributed by atoms with Gasteiger partial charge in [0.15, 0.2) is 21.4 Å². The summed E-state index contributed by atoms with van der Waals surface area (Å²) in [7, 11) is -1.23. The number of hydrogen-bond acceptors (Lipinski definition) is 9. The van der Waals surface area contributed by atoms with Gasteiger partial charge in [0.25, 0.3) is 0 Å². The molecule has 13 heteroatoms. The predicted molar refractivity (Wildman–Crippen MR) is 157 cm³/mol. The van der Waals surface area contributed by atoms with E-state index in [-0.39, 0.29) is 23.0 Å². The van der Waals surface area contributed by atoms with Crippen LogP contribution < -0.4 is 19.6 Å². The topological polar surface area (TPSA) is 127 Å². The van der Waals surface area contributed by atoms with Crippen LogP contribution in [0.1, 0.15) is 34.6 Å². The minimum atomic E-state index is -3.86. The first-order valence-electron chi connectivity index (χ1n) is 12.2. The molecule has 0 radical (unpaired) electrons. The molecule has 3 aromatic rings. The standard InChI is InChI=1S/C26H36FN5O5S2/c1-8-38(10-9-30-28-6)31-20-12-18(11-19(27)25(20)36-7)21-14-29-24-13-22(37-16-17(2)33)23(15-32(21)24)39(34,35)26(3,4)5/h8-9,11-15,17,28,31,33H,10,16H2,1-7H3/b30-9-/t17-,38?/m0/s1. The van der Waals surface area contributed by atoms with Crippen LogP contribution in [0.25, 0.3) is 16.9 Å². The van der Waals surface area contributed by atoms with Crippen molar-refractivity contribution in [1.29, 1.82) is 0 Å². The highest BCUT2D eigenvalue weighted by atomic mass is 32.2. The highest BCUT2D eigenvalue weighted by Gasteiger charge is 2.34. The fourth-order valence-electron chi connectivity index (χ4n) is 3.63. The summed E-state index contributed by atoms with van der Waals surface area (Å²) >= 11 is 0. The number of imidazole rings is 1. The maximum Gasteiger partial charge on any atom is 0.188 e. The summed E-state index contributed by atoms with van der Waals surface area (Å²) in [5.41, 5.74) is 4.46. The molecule has 2 heterocycles. The van der Waals surface area contributed by atoms with Gasteiger partial charge in [-0.1, -0.05) is 10.7 Å². The second-order valence-corrected chi connectivity index (χ2v) is 14.2. The normalized spacial score (nSPS) is 14.1. The fraction of sp³-hybridized carbons (Fsp3) is 0.423. The van der Waals surface area contributed by atoms with Gasteiger partial charge in [0.1, 0.15) is 22.9 Å². The van der Waals surface area contributed by atoms with Gasteiger partial charge in [0.05, 0.1) is 35.5 Å². The zero-order valence-electron chi connectivity index (χ0n) is 23.1. The number of hydrazone groups is 1. The van der Waals surface area contributed by atoms with Crippen LogP contribution in [0.3, 0.4) is 0 Å². The van der Waals surface area contributed by atoms with Gasteiger partial charge in [0, 0.05) is 36.8 Å². The van der Waals surface area contributed by atoms with Gasteiger partial charge in [-0.2, -0.15) is 5.10 Å². The number of benzene rings is 1. The minimum absolute atomic E-state index is 0.0549. The number of aromatic nitrogens is 2. The first-order chi connectivity index (χ1) is 18.3. The van der Waals surface area contributed by atoms with Crippen LogP contribution in [-0.4, -0.2) is 71.9 Å². The molecule has 2 atom stereocenters. The van der Waals surface area contributed by atoms with Gasteiger partial charge < -0.3 is 24.7 Å². The van der Waals surface area contributed by atoms with Crippen LogP contribution in [0.2, 0.25) is 0 Å². The predicted octanol–water partition coefficient (Wildman–Crippen LogP) is 4.10. The smallest absolute Gasteiger partial charge is 0.188 e. The molecule has 0 aliphatic heterocycles. The number of rotatable bonds is 11. The third-order valence-corrected chi connectivity index (χ3v) is 9.75. The molecule has 0 aliphatic rings. The molecule has 214 valence electrons. The Bertz CT molecular complexity index is 1490. The third-order valence-electron chi connectivity index (χ3n) is 5.69. The lowest BCUT2D eigenvalue weighted by Gasteiger charge is -2.22. The molecule has 1 aromatic carbocycles. The number of nitrogens with zero attached hydrogens (tertiary/aromatic N) is 3. The molecule has 3 rings (SSSR count). The first kappa shape index (κ1) is 30.4. The Morgan fingerprint density at radius 3 is 2.62 bits per heavy atom. The number of nitrogens with one attached hydrogen (secondary N) is 2. The average molecular weight is 582 g/mol. The monoisotopic (exact) mass is 581 g/mol. The number of anilines is 1. The number of sulfone groups is 1. The molecule has 39 heavy (non-hydrogen) atoms. The molecule has 0 amide bonds. The van der Waals surface area contributed by atoms with E-state index in [0.29, 0.717) is 28.3 Å². The first-order valence-corrected chi connectivity index (χ1v) is 15.2. The molecule has 2 aromatic heterocycles. The number of methoxy groups -OCH3 is 1. The van der Waals surface area contributed by atoms with Crippen molar-refractivity contribution in [3.8, 4) is 22.8 Å². The number of halogens is 1. The molecular weight excluding hydrogens is 545 g/mol. The van der Waals surface area contributed by atoms with Crippen molar-refractivity contribution in [1.82, 2.24) is 14.8 Å². The lowest BCUT2D eigenvalue weighted by molar-refractivity contribution is 0.121. The van der Waals surface area contributed by atoms with E-state index < -0.39 is 37.2 Å². The molecule has 0 aliphatic carbocycles. The van der Waals surface area contributed by atoms with E-state index in [0.717, 1.165) is 0 Å². The van der Waals surface area contributed by atoms with Crippen molar-refractivity contribution >= 4 is 43.4 Å². The Labute approximate surface area is 231 Å². The van der Waals surface area contributed by atoms with E-state index in [2.05, 4.69) is 20.2 Å². The van der Waals surface area contributed by atoms with Gasteiger partial charge in [-0.15, -0.1) is 0 Å². The van der Waals surface area contributed by atoms with E-state index in [1.807, 2.05) is 12.3 Å². The van der Waals surface area contributed by atoms with Gasteiger partial charge in [-0.05, 0) is 52.1 Å². The molecular formula is C26H36FN5O5S2. The van der Waals surface area contributed by atoms with E-state index in [1.54, 1.807) is 51.4 Å². The molecule has 0 spiro atoms. The SMILES string of the molecule is CC=S(C/C=N\NC)Nc1cc(-c2cnc3cc(OC[C@H](C)O)c(S(=O)(=O)C(C)(C)C)cn23)cc(F)c1OC. The quantitative estimate of drug-likeness (QED) is 0.176. The zero-order valence-corrected chi connectivity index (χ0v) is 24.8. The zero-order chi connectivity index (χ0) is 29.0. The van der Waals surface area contributed by atoms with Crippen LogP contribution in [0.15, 0.2) is 40.6 Å². The number of hydrogen-bond donors (Lipinski definition) is 3. The maximum absolute atomic E-state index is 15.3. The van der Waals surface area contributed by atoms with Crippen molar-refractivity contribution in [2.75, 3.05) is 31.2 Å². The van der Waals surface area contributed by atoms with E-state index >= 15 is 4.39 Å². The van der Waals surface area contributed by atoms with E-state index in [4.69, 9.17) is 9.47 Å². The van der Waals surface area contributed by atoms with Gasteiger partial charge >= 0.3 is 0 Å². The molecule has 0 bridgehead atoms. The third kappa shape index (κ3) is 6.71. The van der Waals surface area contributed by atoms with E-state index in [1.165, 1.54) is 31.6 Å². The summed E-state index contributed by atoms with van der Waals surface area (Å²) in [5, 5.41) is 15.7. The van der Waals surface area contributed by atoms with Crippen molar-refractivity contribution in [2.45, 2.75) is 50.4 Å². The largest absolute Gasteiger partial charge is 0.492 e. The molecule has 10 nitrogen and oxygen atoms in total. The van der Waals surface area contributed by atoms with Gasteiger partial charge in [-0.25, -0.2) is 17.8 Å². The summed E-state index contributed by atoms with van der Waals surface area (Å²) in [6.45, 7) is 8.14. The van der Waals surface area contributed by atoms with Crippen LogP contribution in [-0.2, 0) is 9.84 Å². The lowest BCUT2D eigenvalue weighted by Crippen LogP contribution is -2.29. The van der Waals surface area contributed by atoms with Crippen molar-refractivity contribution in [3.63, 3.8) is 0 Å². The molecule has 1 unspecified atom stereocenters. The minimum Gasteiger partial charge on any atom is -0.492 e. The van der Waals surface area contributed by atoms with Gasteiger partial charge in [-0.3, -0.25) is 4.40 Å². The summed E-state index contributed by atoms with van der Waals surface area (Å²) in [6.07, 6.45) is 3.90. The Hall–Kier alpha value is -3.16. The Morgan fingerprint density at radius 2 is 2.03 bits per heavy atom. The Morgan fingerprint density at radius 1 is 1.31 bits per heavy atom. The lowest BCUT2D eigenvalue weighted by atomic mass is 10.1. The summed E-state index contributed by atoms with van der Waals surface area (Å²) in [4.78, 5) is 4.36. The maximum atomic E-state index is 15.3. The summed E-state index contributed by atoms with van der Waals surface area (Å²) in [6, 6.07) is 4.56. The van der Waals surface area contributed by atoms with Crippen LogP contribution in [0.5, 0.6) is 11.5 Å². The molecule has 0 fully saturated rings. The number of fused-ring (bicyclic) bond motifs is 1. The highest BCUT2D eigenvalue weighted by Crippen LogP contribution is 2.38. The molecule has 0 saturated heterocycles. The van der Waals surface area contributed by atoms with Crippen molar-refractivity contribution < 1.29 is 27.4 Å². The average Bonchev–Trinajstić information content (AvgIpc) is 3.28. The van der Waals surface area contributed by atoms with Gasteiger partial charge in [0.2, 0.25) is 0 Å².